The summed E-state index contributed by atoms with van der Waals surface area (Å²) in [6.07, 6.45) is 0. The van der Waals surface area contributed by atoms with Crippen LogP contribution in [-0.2, 0) is 0 Å². The molecule has 1 aromatic heterocycles. The molecule has 0 aliphatic rings. The maximum atomic E-state index is 4.42. The van der Waals surface area contributed by atoms with Gasteiger partial charge < -0.3 is 0 Å². The first-order chi connectivity index (χ1) is 5.86. The standard InChI is InChI=1S/C9H12NS2/c1-3-11-8-6-5-7-9(10-8)12-4-2/h5-6H,3-4H2,1-2H3. The predicted octanol–water partition coefficient (Wildman–Crippen LogP) is 3.11. The highest BCUT2D eigenvalue weighted by Crippen LogP contribution is 2.19. The number of pyridine rings is 1. The van der Waals surface area contributed by atoms with Gasteiger partial charge in [0.2, 0.25) is 0 Å². The van der Waals surface area contributed by atoms with Crippen LogP contribution in [0.25, 0.3) is 0 Å². The Bertz CT molecular complexity index is 216. The van der Waals surface area contributed by atoms with Gasteiger partial charge in [-0.05, 0) is 23.6 Å². The Morgan fingerprint density at radius 3 is 2.75 bits per heavy atom. The average Bonchev–Trinajstić information content (AvgIpc) is 2.06. The Hall–Kier alpha value is -0.150. The fourth-order valence-electron chi connectivity index (χ4n) is 0.793. The van der Waals surface area contributed by atoms with Crippen molar-refractivity contribution in [3.05, 3.63) is 18.2 Å². The molecule has 1 radical (unpaired) electrons. The molecule has 0 spiro atoms. The normalized spacial score (nSPS) is 10.2. The van der Waals surface area contributed by atoms with Gasteiger partial charge in [-0.1, -0.05) is 13.8 Å². The summed E-state index contributed by atoms with van der Waals surface area (Å²) >= 11 is 3.51. The topological polar surface area (TPSA) is 12.9 Å². The zero-order chi connectivity index (χ0) is 8.81. The molecular formula is C9H12NS2. The summed E-state index contributed by atoms with van der Waals surface area (Å²) in [6, 6.07) is 7.06. The quantitative estimate of drug-likeness (QED) is 0.690. The number of nitrogens with zero attached hydrogens (tertiary/aromatic N) is 1. The molecule has 0 unspecified atom stereocenters. The minimum Gasteiger partial charge on any atom is -0.235 e. The molecule has 0 aliphatic carbocycles. The van der Waals surface area contributed by atoms with Gasteiger partial charge in [-0.3, -0.25) is 0 Å². The molecule has 3 heteroatoms. The Morgan fingerprint density at radius 1 is 1.33 bits per heavy atom. The number of hydrogen-bond acceptors (Lipinski definition) is 3. The summed E-state index contributed by atoms with van der Waals surface area (Å²) in [4.78, 5) is 4.42. The smallest absolute Gasteiger partial charge is 0.105 e. The van der Waals surface area contributed by atoms with E-state index in [1.807, 2.05) is 12.1 Å². The fourth-order valence-corrected chi connectivity index (χ4v) is 2.05. The van der Waals surface area contributed by atoms with Gasteiger partial charge >= 0.3 is 0 Å². The Labute approximate surface area is 82.4 Å². The van der Waals surface area contributed by atoms with Crippen molar-refractivity contribution < 1.29 is 0 Å². The number of thioether (sulfide) groups is 2. The van der Waals surface area contributed by atoms with Gasteiger partial charge in [0.1, 0.15) is 5.03 Å². The highest BCUT2D eigenvalue weighted by atomic mass is 32.2. The second-order valence-electron chi connectivity index (χ2n) is 2.10. The van der Waals surface area contributed by atoms with Gasteiger partial charge in [0.15, 0.2) is 0 Å². The Balaban J connectivity index is 2.67. The first kappa shape index (κ1) is 9.93. The van der Waals surface area contributed by atoms with Gasteiger partial charge in [0.25, 0.3) is 0 Å². The second kappa shape index (κ2) is 5.49. The van der Waals surface area contributed by atoms with Crippen LogP contribution in [0.15, 0.2) is 22.2 Å². The van der Waals surface area contributed by atoms with E-state index in [1.165, 1.54) is 0 Å². The fraction of sp³-hybridized carbons (Fsp3) is 0.444. The van der Waals surface area contributed by atoms with Crippen molar-refractivity contribution in [3.63, 3.8) is 0 Å². The lowest BCUT2D eigenvalue weighted by atomic mass is 10.5. The molecule has 0 aliphatic heterocycles. The highest BCUT2D eigenvalue weighted by Gasteiger charge is 1.96. The first-order valence-electron chi connectivity index (χ1n) is 4.01. The third-order valence-corrected chi connectivity index (χ3v) is 2.80. The maximum absolute atomic E-state index is 4.42. The third kappa shape index (κ3) is 3.07. The molecule has 0 atom stereocenters. The summed E-state index contributed by atoms with van der Waals surface area (Å²) < 4.78 is 0. The first-order valence-corrected chi connectivity index (χ1v) is 5.98. The molecular weight excluding hydrogens is 186 g/mol. The van der Waals surface area contributed by atoms with Crippen LogP contribution in [0.4, 0.5) is 0 Å². The van der Waals surface area contributed by atoms with Crippen LogP contribution >= 0.6 is 23.5 Å². The molecule has 1 aromatic rings. The molecule has 0 aromatic carbocycles. The van der Waals surface area contributed by atoms with Crippen LogP contribution in [0.1, 0.15) is 13.8 Å². The number of aromatic nitrogens is 1. The maximum Gasteiger partial charge on any atom is 0.105 e. The molecule has 1 heterocycles. The Morgan fingerprint density at radius 2 is 2.08 bits per heavy atom. The van der Waals surface area contributed by atoms with Gasteiger partial charge in [-0.2, -0.15) is 0 Å². The van der Waals surface area contributed by atoms with E-state index in [-0.39, 0.29) is 0 Å². The molecule has 0 saturated carbocycles. The molecule has 1 rings (SSSR count). The summed E-state index contributed by atoms with van der Waals surface area (Å²) in [5.74, 6) is 2.14. The van der Waals surface area contributed by atoms with Crippen LogP contribution < -0.4 is 0 Å². The van der Waals surface area contributed by atoms with Crippen LogP contribution in [0.3, 0.4) is 0 Å². The number of hydrogen-bond donors (Lipinski definition) is 0. The lowest BCUT2D eigenvalue weighted by Crippen LogP contribution is -1.84. The SMILES string of the molecule is CCSc1[c]ccc(SCC)n1. The second-order valence-corrected chi connectivity index (χ2v) is 4.64. The van der Waals surface area contributed by atoms with E-state index < -0.39 is 0 Å². The van der Waals surface area contributed by atoms with Crippen molar-refractivity contribution in [3.8, 4) is 0 Å². The van der Waals surface area contributed by atoms with E-state index in [9.17, 15) is 0 Å². The summed E-state index contributed by atoms with van der Waals surface area (Å²) in [6.45, 7) is 4.26. The van der Waals surface area contributed by atoms with Crippen LogP contribution in [0.5, 0.6) is 0 Å². The van der Waals surface area contributed by atoms with Crippen molar-refractivity contribution in [2.24, 2.45) is 0 Å². The molecule has 0 saturated heterocycles. The van der Waals surface area contributed by atoms with E-state index in [0.29, 0.717) is 0 Å². The Kier molecular flexibility index (Phi) is 4.54. The zero-order valence-electron chi connectivity index (χ0n) is 7.33. The van der Waals surface area contributed by atoms with E-state index >= 15 is 0 Å². The summed E-state index contributed by atoms with van der Waals surface area (Å²) in [5.41, 5.74) is 0. The zero-order valence-corrected chi connectivity index (χ0v) is 8.97. The largest absolute Gasteiger partial charge is 0.235 e. The van der Waals surface area contributed by atoms with Crippen LogP contribution in [-0.4, -0.2) is 16.5 Å². The molecule has 0 fully saturated rings. The van der Waals surface area contributed by atoms with E-state index in [4.69, 9.17) is 0 Å². The lowest BCUT2D eigenvalue weighted by molar-refractivity contribution is 1.00. The minimum atomic E-state index is 1.01. The molecule has 12 heavy (non-hydrogen) atoms. The van der Waals surface area contributed by atoms with E-state index in [2.05, 4.69) is 24.9 Å². The molecule has 65 valence electrons. The van der Waals surface area contributed by atoms with Crippen molar-refractivity contribution in [1.29, 1.82) is 0 Å². The van der Waals surface area contributed by atoms with Gasteiger partial charge in [-0.15, -0.1) is 23.5 Å². The predicted molar refractivity (Wildman–Crippen MR) is 55.9 cm³/mol. The van der Waals surface area contributed by atoms with Crippen molar-refractivity contribution in [2.45, 2.75) is 23.9 Å². The monoisotopic (exact) mass is 198 g/mol. The van der Waals surface area contributed by atoms with Gasteiger partial charge in [0, 0.05) is 6.07 Å². The molecule has 0 bridgehead atoms. The van der Waals surface area contributed by atoms with E-state index in [1.54, 1.807) is 23.5 Å². The summed E-state index contributed by atoms with van der Waals surface area (Å²) in [7, 11) is 0. The lowest BCUT2D eigenvalue weighted by Gasteiger charge is -1.99. The minimum absolute atomic E-state index is 1.01. The average molecular weight is 198 g/mol. The third-order valence-electron chi connectivity index (χ3n) is 1.22. The summed E-state index contributed by atoms with van der Waals surface area (Å²) in [5, 5.41) is 2.11. The molecule has 0 N–H and O–H groups in total. The molecule has 0 amide bonds. The van der Waals surface area contributed by atoms with Crippen LogP contribution in [0.2, 0.25) is 0 Å². The van der Waals surface area contributed by atoms with E-state index in [0.717, 1.165) is 21.6 Å². The number of rotatable bonds is 4. The van der Waals surface area contributed by atoms with Crippen molar-refractivity contribution >= 4 is 23.5 Å². The van der Waals surface area contributed by atoms with Crippen molar-refractivity contribution in [1.82, 2.24) is 4.98 Å². The van der Waals surface area contributed by atoms with Gasteiger partial charge in [-0.25, -0.2) is 4.98 Å². The van der Waals surface area contributed by atoms with Crippen molar-refractivity contribution in [2.75, 3.05) is 11.5 Å². The molecule has 1 nitrogen and oxygen atoms in total. The van der Waals surface area contributed by atoms with Gasteiger partial charge in [0.05, 0.1) is 5.03 Å². The highest BCUT2D eigenvalue weighted by molar-refractivity contribution is 7.99. The van der Waals surface area contributed by atoms with Crippen LogP contribution in [0, 0.1) is 6.07 Å².